The Morgan fingerprint density at radius 1 is 0.837 bits per heavy atom. The Kier molecular flexibility index (Phi) is 16.5. The lowest BCUT2D eigenvalue weighted by Gasteiger charge is -2.60. The molecule has 0 heterocycles. The third-order valence-corrected chi connectivity index (χ3v) is 14.7. The van der Waals surface area contributed by atoms with Crippen molar-refractivity contribution in [3.8, 4) is 0 Å². The first-order valence-corrected chi connectivity index (χ1v) is 21.8. The monoisotopic (exact) mass is 685 g/mol. The van der Waals surface area contributed by atoms with Gasteiger partial charge in [-0.3, -0.25) is 4.79 Å². The van der Waals surface area contributed by atoms with Gasteiger partial charge in [-0.25, -0.2) is 0 Å². The topological polar surface area (TPSA) is 66.8 Å². The molecule has 0 saturated heterocycles. The molecule has 0 amide bonds. The highest BCUT2D eigenvalue weighted by Crippen LogP contribution is 2.67. The van der Waals surface area contributed by atoms with E-state index in [4.69, 9.17) is 4.74 Å². The van der Waals surface area contributed by atoms with Crippen molar-refractivity contribution in [1.29, 1.82) is 0 Å². The number of unbranched alkanes of at least 4 members (excludes halogenated alkanes) is 10. The Hall–Kier alpha value is -0.870. The van der Waals surface area contributed by atoms with Crippen molar-refractivity contribution in [3.63, 3.8) is 0 Å². The molecule has 2 unspecified atom stereocenters. The van der Waals surface area contributed by atoms with E-state index in [1.165, 1.54) is 108 Å². The van der Waals surface area contributed by atoms with Gasteiger partial charge in [0, 0.05) is 18.3 Å². The van der Waals surface area contributed by atoms with E-state index in [-0.39, 0.29) is 23.6 Å². The summed E-state index contributed by atoms with van der Waals surface area (Å²) in [5.41, 5.74) is 1.69. The van der Waals surface area contributed by atoms with Crippen LogP contribution < -0.4 is 0 Å². The molecule has 4 aliphatic carbocycles. The zero-order valence-corrected chi connectivity index (χ0v) is 33.2. The second-order valence-corrected chi connectivity index (χ2v) is 18.6. The lowest BCUT2D eigenvalue weighted by atomic mass is 9.46. The Labute approximate surface area is 303 Å². The minimum absolute atomic E-state index is 0.0492. The van der Waals surface area contributed by atoms with Gasteiger partial charge in [0.1, 0.15) is 6.10 Å². The van der Waals surface area contributed by atoms with Crippen LogP contribution in [0.3, 0.4) is 0 Å². The normalized spacial score (nSPS) is 33.8. The molecule has 49 heavy (non-hydrogen) atoms. The molecule has 0 bridgehead atoms. The third kappa shape index (κ3) is 10.8. The molecular weight excluding hydrogens is 604 g/mol. The molecule has 0 radical (unpaired) electrons. The van der Waals surface area contributed by atoms with E-state index in [9.17, 15) is 15.0 Å². The summed E-state index contributed by atoms with van der Waals surface area (Å²) in [5.74, 6) is 4.41. The average molecular weight is 685 g/mol. The van der Waals surface area contributed by atoms with E-state index < -0.39 is 6.10 Å². The molecule has 0 aromatic carbocycles. The van der Waals surface area contributed by atoms with Gasteiger partial charge in [0.2, 0.25) is 0 Å². The van der Waals surface area contributed by atoms with Crippen LogP contribution in [0.1, 0.15) is 202 Å². The van der Waals surface area contributed by atoms with Crippen molar-refractivity contribution in [1.82, 2.24) is 0 Å². The van der Waals surface area contributed by atoms with Crippen LogP contribution in [0.15, 0.2) is 11.6 Å². The number of hydrogen-bond acceptors (Lipinski definition) is 4. The Morgan fingerprint density at radius 2 is 1.49 bits per heavy atom. The molecule has 4 aliphatic rings. The van der Waals surface area contributed by atoms with Crippen LogP contribution in [0.5, 0.6) is 0 Å². The lowest BCUT2D eigenvalue weighted by Crippen LogP contribution is -2.56. The van der Waals surface area contributed by atoms with Gasteiger partial charge >= 0.3 is 5.97 Å². The summed E-state index contributed by atoms with van der Waals surface area (Å²) in [6, 6.07) is 0. The van der Waals surface area contributed by atoms with Gasteiger partial charge in [-0.2, -0.15) is 0 Å². The van der Waals surface area contributed by atoms with Gasteiger partial charge < -0.3 is 14.9 Å². The minimum Gasteiger partial charge on any atom is -0.461 e. The van der Waals surface area contributed by atoms with Crippen molar-refractivity contribution in [2.75, 3.05) is 0 Å². The maximum atomic E-state index is 13.3. The van der Waals surface area contributed by atoms with Crippen molar-refractivity contribution >= 4 is 5.97 Å². The number of esters is 1. The van der Waals surface area contributed by atoms with Gasteiger partial charge in [-0.05, 0) is 98.7 Å². The second-order valence-electron chi connectivity index (χ2n) is 18.6. The summed E-state index contributed by atoms with van der Waals surface area (Å²) < 4.78 is 6.41. The zero-order chi connectivity index (χ0) is 35.4. The minimum atomic E-state index is -0.404. The lowest BCUT2D eigenvalue weighted by molar-refractivity contribution is -0.169. The number of aliphatic hydroxyl groups is 2. The van der Waals surface area contributed by atoms with Gasteiger partial charge in [-0.15, -0.1) is 0 Å². The highest BCUT2D eigenvalue weighted by atomic mass is 16.5. The Morgan fingerprint density at radius 3 is 2.16 bits per heavy atom. The molecule has 2 N–H and O–H groups in total. The van der Waals surface area contributed by atoms with Crippen LogP contribution in [-0.2, 0) is 9.53 Å². The summed E-state index contributed by atoms with van der Waals surface area (Å²) in [6.07, 6.45) is 30.4. The van der Waals surface area contributed by atoms with Crippen molar-refractivity contribution in [2.24, 2.45) is 46.3 Å². The molecule has 4 heteroatoms. The van der Waals surface area contributed by atoms with E-state index >= 15 is 0 Å². The fraction of sp³-hybridized carbons (Fsp3) is 0.933. The standard InChI is InChI=1S/C45H80O4/c1-7-8-9-16-22-36(46)23-17-14-12-10-11-13-15-18-24-43(48)49-42-32-37(47)31-35-25-26-38-40-28-27-39(34(4)21-19-20-33(2)3)44(40,5)30-29-41(38)45(35,42)6/h25,33-34,36-42,46-47H,7-24,26-32H2,1-6H3/t34-,36?,37+,38+,39-,40+,41+,42?,44-,45+/m1/s1. The molecule has 4 nitrogen and oxygen atoms in total. The summed E-state index contributed by atoms with van der Waals surface area (Å²) in [5, 5.41) is 21.1. The molecular formula is C45H80O4. The number of rotatable bonds is 22. The van der Waals surface area contributed by atoms with Crippen LogP contribution in [-0.4, -0.2) is 34.5 Å². The van der Waals surface area contributed by atoms with Gasteiger partial charge in [-0.1, -0.05) is 143 Å². The van der Waals surface area contributed by atoms with E-state index in [1.807, 2.05) is 0 Å². The first-order chi connectivity index (χ1) is 23.5. The van der Waals surface area contributed by atoms with Gasteiger partial charge in [0.05, 0.1) is 12.2 Å². The van der Waals surface area contributed by atoms with Gasteiger partial charge in [0.15, 0.2) is 0 Å². The van der Waals surface area contributed by atoms with Gasteiger partial charge in [0.25, 0.3) is 0 Å². The number of aliphatic hydroxyl groups excluding tert-OH is 2. The predicted molar refractivity (Wildman–Crippen MR) is 205 cm³/mol. The number of fused-ring (bicyclic) bond motifs is 5. The van der Waals surface area contributed by atoms with E-state index in [1.54, 1.807) is 0 Å². The third-order valence-electron chi connectivity index (χ3n) is 14.7. The highest BCUT2D eigenvalue weighted by Gasteiger charge is 2.61. The fourth-order valence-electron chi connectivity index (χ4n) is 11.7. The molecule has 284 valence electrons. The zero-order valence-electron chi connectivity index (χ0n) is 33.2. The average Bonchev–Trinajstić information content (AvgIpc) is 3.41. The number of hydrogen-bond donors (Lipinski definition) is 2. The molecule has 0 spiro atoms. The number of carbonyl (C=O) groups excluding carboxylic acids is 1. The quantitative estimate of drug-likeness (QED) is 0.0676. The van der Waals surface area contributed by atoms with Crippen LogP contribution in [0.25, 0.3) is 0 Å². The largest absolute Gasteiger partial charge is 0.461 e. The molecule has 10 atom stereocenters. The van der Waals surface area contributed by atoms with Crippen molar-refractivity contribution in [3.05, 3.63) is 11.6 Å². The molecule has 3 fully saturated rings. The summed E-state index contributed by atoms with van der Waals surface area (Å²) in [7, 11) is 0. The number of ether oxygens (including phenoxy) is 1. The maximum absolute atomic E-state index is 13.3. The Balaban J connectivity index is 1.20. The molecule has 3 saturated carbocycles. The summed E-state index contributed by atoms with van der Waals surface area (Å²) in [4.78, 5) is 13.3. The van der Waals surface area contributed by atoms with Crippen LogP contribution in [0.4, 0.5) is 0 Å². The number of allylic oxidation sites excluding steroid dienone is 1. The van der Waals surface area contributed by atoms with E-state index in [0.29, 0.717) is 30.1 Å². The molecule has 4 rings (SSSR count). The second kappa shape index (κ2) is 19.8. The van der Waals surface area contributed by atoms with Crippen LogP contribution in [0.2, 0.25) is 0 Å². The van der Waals surface area contributed by atoms with Crippen molar-refractivity contribution < 1.29 is 19.7 Å². The molecule has 0 aromatic heterocycles. The Bertz CT molecular complexity index is 1000. The first kappa shape index (κ1) is 40.9. The maximum Gasteiger partial charge on any atom is 0.306 e. The van der Waals surface area contributed by atoms with Crippen LogP contribution >= 0.6 is 0 Å². The smallest absolute Gasteiger partial charge is 0.306 e. The fourth-order valence-corrected chi connectivity index (χ4v) is 11.7. The van der Waals surface area contributed by atoms with E-state index in [2.05, 4.69) is 47.6 Å². The summed E-state index contributed by atoms with van der Waals surface area (Å²) >= 11 is 0. The van der Waals surface area contributed by atoms with E-state index in [0.717, 1.165) is 68.6 Å². The van der Waals surface area contributed by atoms with Crippen molar-refractivity contribution in [2.45, 2.75) is 220 Å². The molecule has 0 aromatic rings. The first-order valence-electron chi connectivity index (χ1n) is 21.8. The van der Waals surface area contributed by atoms with Crippen LogP contribution in [0, 0.1) is 46.3 Å². The SMILES string of the molecule is CCCCCCC(O)CCCCCCCCCCC(=O)OC1C[C@@H](O)CC2=CC[C@H]3[C@@H]4CC[C@H]([C@H](C)CCCC(C)C)[C@@]4(C)CC[C@@H]3[C@]21C. The number of carbonyl (C=O) groups is 1. The highest BCUT2D eigenvalue weighted by molar-refractivity contribution is 5.69. The predicted octanol–water partition coefficient (Wildman–Crippen LogP) is 12.1. The summed E-state index contributed by atoms with van der Waals surface area (Å²) in [6.45, 7) is 14.6. The molecule has 0 aliphatic heterocycles.